The molecular weight excluding hydrogens is 476 g/mol. The van der Waals surface area contributed by atoms with E-state index in [2.05, 4.69) is 25.6 Å². The van der Waals surface area contributed by atoms with Crippen molar-refractivity contribution in [2.75, 3.05) is 28.6 Å². The minimum Gasteiger partial charge on any atom is -0.341 e. The minimum atomic E-state index is -4.54. The molecule has 1 aliphatic rings. The molecule has 2 heterocycles. The van der Waals surface area contributed by atoms with Crippen molar-refractivity contribution < 1.29 is 26.3 Å². The number of nitrogens with one attached hydrogen (secondary N) is 2. The molecule has 0 atom stereocenters. The number of halogens is 6. The van der Waals surface area contributed by atoms with Gasteiger partial charge < -0.3 is 21.3 Å². The quantitative estimate of drug-likeness (QED) is 0.411. The summed E-state index contributed by atoms with van der Waals surface area (Å²) in [5, 5.41) is 5.47. The van der Waals surface area contributed by atoms with E-state index in [-0.39, 0.29) is 35.3 Å². The van der Waals surface area contributed by atoms with Crippen LogP contribution in [0.25, 0.3) is 0 Å². The highest BCUT2D eigenvalue weighted by Gasteiger charge is 2.31. The summed E-state index contributed by atoms with van der Waals surface area (Å²) < 4.78 is 78.6. The predicted molar refractivity (Wildman–Crippen MR) is 119 cm³/mol. The summed E-state index contributed by atoms with van der Waals surface area (Å²) in [7, 11) is 0. The van der Waals surface area contributed by atoms with Crippen LogP contribution in [0.15, 0.2) is 48.5 Å². The van der Waals surface area contributed by atoms with Crippen LogP contribution < -0.4 is 21.3 Å². The van der Waals surface area contributed by atoms with Crippen LogP contribution in [0.2, 0.25) is 0 Å². The Kier molecular flexibility index (Phi) is 6.70. The van der Waals surface area contributed by atoms with Crippen LogP contribution in [0.4, 0.5) is 55.6 Å². The number of alkyl halides is 6. The van der Waals surface area contributed by atoms with Gasteiger partial charge in [-0.25, -0.2) is 0 Å². The molecular formula is C22H21F6N7. The van der Waals surface area contributed by atoms with E-state index in [4.69, 9.17) is 5.73 Å². The van der Waals surface area contributed by atoms with Gasteiger partial charge in [0.1, 0.15) is 0 Å². The maximum atomic E-state index is 13.1. The molecule has 0 bridgehead atoms. The molecule has 4 N–H and O–H groups in total. The van der Waals surface area contributed by atoms with Gasteiger partial charge in [0.25, 0.3) is 0 Å². The maximum absolute atomic E-state index is 13.1. The number of piperidine rings is 1. The molecule has 2 aromatic carbocycles. The maximum Gasteiger partial charge on any atom is 0.416 e. The Bertz CT molecular complexity index is 1100. The second kappa shape index (κ2) is 9.56. The van der Waals surface area contributed by atoms with Gasteiger partial charge in [-0.1, -0.05) is 12.1 Å². The lowest BCUT2D eigenvalue weighted by Gasteiger charge is -2.30. The van der Waals surface area contributed by atoms with Gasteiger partial charge in [0.2, 0.25) is 17.8 Å². The van der Waals surface area contributed by atoms with Crippen molar-refractivity contribution in [1.82, 2.24) is 15.0 Å². The normalized spacial score (nSPS) is 15.2. The van der Waals surface area contributed by atoms with Gasteiger partial charge in [-0.05, 0) is 49.2 Å². The first-order valence-electron chi connectivity index (χ1n) is 10.6. The third-order valence-corrected chi connectivity index (χ3v) is 5.34. The van der Waals surface area contributed by atoms with E-state index >= 15 is 0 Å². The zero-order valence-electron chi connectivity index (χ0n) is 18.2. The average molecular weight is 497 g/mol. The van der Waals surface area contributed by atoms with Gasteiger partial charge in [-0.15, -0.1) is 0 Å². The molecule has 0 saturated carbocycles. The standard InChI is InChI=1S/C22H21F6N7/c23-21(24,25)13-3-1-5-16(11-13)30-18-32-19(31-17-6-2-4-14(12-17)22(26,27)28)34-20(33-18)35-9-7-15(29)8-10-35/h1-6,11-12,15H,7-10,29H2,(H2,30,31,32,33,34). The molecule has 3 aromatic rings. The summed E-state index contributed by atoms with van der Waals surface area (Å²) >= 11 is 0. The van der Waals surface area contributed by atoms with Crippen molar-refractivity contribution in [3.63, 3.8) is 0 Å². The van der Waals surface area contributed by atoms with Gasteiger partial charge in [-0.3, -0.25) is 0 Å². The molecule has 13 heteroatoms. The lowest BCUT2D eigenvalue weighted by atomic mass is 10.1. The molecule has 0 aliphatic carbocycles. The summed E-state index contributed by atoms with van der Waals surface area (Å²) in [5.41, 5.74) is 4.41. The number of nitrogens with zero attached hydrogens (tertiary/aromatic N) is 4. The second-order valence-corrected chi connectivity index (χ2v) is 8.01. The topological polar surface area (TPSA) is 92.0 Å². The van der Waals surface area contributed by atoms with Crippen molar-refractivity contribution in [1.29, 1.82) is 0 Å². The molecule has 1 saturated heterocycles. The van der Waals surface area contributed by atoms with E-state index in [1.807, 2.05) is 4.90 Å². The van der Waals surface area contributed by atoms with Crippen molar-refractivity contribution in [3.8, 4) is 0 Å². The van der Waals surface area contributed by atoms with E-state index in [1.165, 1.54) is 24.3 Å². The Morgan fingerprint density at radius 2 is 1.20 bits per heavy atom. The van der Waals surface area contributed by atoms with Crippen molar-refractivity contribution in [2.24, 2.45) is 5.73 Å². The smallest absolute Gasteiger partial charge is 0.341 e. The summed E-state index contributed by atoms with van der Waals surface area (Å²) in [6.07, 6.45) is -7.72. The zero-order valence-corrected chi connectivity index (χ0v) is 18.2. The monoisotopic (exact) mass is 497 g/mol. The molecule has 35 heavy (non-hydrogen) atoms. The SMILES string of the molecule is NC1CCN(c2nc(Nc3cccc(C(F)(F)F)c3)nc(Nc3cccc(C(F)(F)F)c3)n2)CC1. The molecule has 1 aromatic heterocycles. The van der Waals surface area contributed by atoms with E-state index < -0.39 is 23.5 Å². The summed E-state index contributed by atoms with van der Waals surface area (Å²) in [4.78, 5) is 14.6. The number of anilines is 5. The fourth-order valence-electron chi connectivity index (χ4n) is 3.52. The van der Waals surface area contributed by atoms with E-state index in [1.54, 1.807) is 0 Å². The Labute approximate surface area is 196 Å². The highest BCUT2D eigenvalue weighted by Crippen LogP contribution is 2.33. The molecule has 4 rings (SSSR count). The third-order valence-electron chi connectivity index (χ3n) is 5.34. The van der Waals surface area contributed by atoms with Gasteiger partial charge >= 0.3 is 12.4 Å². The van der Waals surface area contributed by atoms with Crippen molar-refractivity contribution in [3.05, 3.63) is 59.7 Å². The molecule has 1 fully saturated rings. The number of nitrogens with two attached hydrogens (primary N) is 1. The van der Waals surface area contributed by atoms with Gasteiger partial charge in [0.15, 0.2) is 0 Å². The summed E-state index contributed by atoms with van der Waals surface area (Å²) in [6.45, 7) is 1.08. The van der Waals surface area contributed by atoms with Crippen LogP contribution in [-0.2, 0) is 12.4 Å². The van der Waals surface area contributed by atoms with Crippen molar-refractivity contribution >= 4 is 29.2 Å². The number of rotatable bonds is 5. The largest absolute Gasteiger partial charge is 0.416 e. The van der Waals surface area contributed by atoms with Crippen molar-refractivity contribution in [2.45, 2.75) is 31.2 Å². The van der Waals surface area contributed by atoms with E-state index in [0.29, 0.717) is 25.9 Å². The molecule has 0 radical (unpaired) electrons. The second-order valence-electron chi connectivity index (χ2n) is 8.01. The molecule has 7 nitrogen and oxygen atoms in total. The number of benzene rings is 2. The molecule has 186 valence electrons. The van der Waals surface area contributed by atoms with Gasteiger partial charge in [0.05, 0.1) is 11.1 Å². The van der Waals surface area contributed by atoms with Crippen LogP contribution in [-0.4, -0.2) is 34.1 Å². The number of aromatic nitrogens is 3. The predicted octanol–water partition coefficient (Wildman–Crippen LogP) is 5.32. The summed E-state index contributed by atoms with van der Waals surface area (Å²) in [5.74, 6) is 0.0770. The van der Waals surface area contributed by atoms with Crippen LogP contribution >= 0.6 is 0 Å². The first kappa shape index (κ1) is 24.5. The fourth-order valence-corrected chi connectivity index (χ4v) is 3.52. The van der Waals surface area contributed by atoms with Crippen LogP contribution in [0.1, 0.15) is 24.0 Å². The first-order chi connectivity index (χ1) is 16.5. The highest BCUT2D eigenvalue weighted by atomic mass is 19.4. The number of hydrogen-bond donors (Lipinski definition) is 3. The highest BCUT2D eigenvalue weighted by molar-refractivity contribution is 5.60. The minimum absolute atomic E-state index is 0.0264. The third kappa shape index (κ3) is 6.29. The van der Waals surface area contributed by atoms with Crippen LogP contribution in [0.3, 0.4) is 0 Å². The molecule has 0 spiro atoms. The van der Waals surface area contributed by atoms with Gasteiger partial charge in [-0.2, -0.15) is 41.3 Å². The Balaban J connectivity index is 1.66. The average Bonchev–Trinajstić information content (AvgIpc) is 2.79. The molecule has 0 amide bonds. The number of hydrogen-bond acceptors (Lipinski definition) is 7. The van der Waals surface area contributed by atoms with E-state index in [0.717, 1.165) is 24.3 Å². The summed E-state index contributed by atoms with van der Waals surface area (Å²) in [6, 6.07) is 9.01. The molecule has 1 aliphatic heterocycles. The first-order valence-corrected chi connectivity index (χ1v) is 10.6. The van der Waals surface area contributed by atoms with E-state index in [9.17, 15) is 26.3 Å². The lowest BCUT2D eigenvalue weighted by Crippen LogP contribution is -2.40. The lowest BCUT2D eigenvalue weighted by molar-refractivity contribution is -0.138. The Hall–Kier alpha value is -3.61. The van der Waals surface area contributed by atoms with Gasteiger partial charge in [0, 0.05) is 30.5 Å². The zero-order chi connectivity index (χ0) is 25.2. The Morgan fingerprint density at radius 1 is 0.743 bits per heavy atom. The fraction of sp³-hybridized carbons (Fsp3) is 0.318. The van der Waals surface area contributed by atoms with Crippen LogP contribution in [0, 0.1) is 0 Å². The van der Waals surface area contributed by atoms with Crippen LogP contribution in [0.5, 0.6) is 0 Å². The molecule has 0 unspecified atom stereocenters. The Morgan fingerprint density at radius 3 is 1.63 bits per heavy atom.